The maximum atomic E-state index is 13.4. The number of amides is 2. The summed E-state index contributed by atoms with van der Waals surface area (Å²) < 4.78 is 15.3. The SMILES string of the molecule is Cc1cccc(N2C(=O)/C(=C\c3cc(C)n(-c4ccc(F)cc4)c3C)C(=O)NC2=S)c1C. The Hall–Kier alpha value is -3.58. The van der Waals surface area contributed by atoms with Crippen LogP contribution in [0.5, 0.6) is 0 Å². The van der Waals surface area contributed by atoms with E-state index in [2.05, 4.69) is 5.32 Å². The van der Waals surface area contributed by atoms with E-state index in [0.717, 1.165) is 33.8 Å². The Kier molecular flexibility index (Phi) is 5.52. The first-order valence-corrected chi connectivity index (χ1v) is 10.5. The van der Waals surface area contributed by atoms with Gasteiger partial charge in [0, 0.05) is 17.1 Å². The number of benzene rings is 2. The number of thiocarbonyl (C=S) groups is 1. The lowest BCUT2D eigenvalue weighted by atomic mass is 10.0. The summed E-state index contributed by atoms with van der Waals surface area (Å²) in [6, 6.07) is 13.7. The van der Waals surface area contributed by atoms with Gasteiger partial charge in [0.05, 0.1) is 5.69 Å². The Morgan fingerprint density at radius 1 is 1.00 bits per heavy atom. The lowest BCUT2D eigenvalue weighted by Gasteiger charge is -2.30. The van der Waals surface area contributed by atoms with E-state index < -0.39 is 11.8 Å². The molecule has 1 saturated heterocycles. The summed E-state index contributed by atoms with van der Waals surface area (Å²) in [6.07, 6.45) is 1.58. The Labute approximate surface area is 191 Å². The maximum absolute atomic E-state index is 13.4. The minimum atomic E-state index is -0.534. The van der Waals surface area contributed by atoms with E-state index in [1.165, 1.54) is 17.0 Å². The molecule has 5 nitrogen and oxygen atoms in total. The highest BCUT2D eigenvalue weighted by atomic mass is 32.1. The molecule has 0 saturated carbocycles. The number of anilines is 1. The van der Waals surface area contributed by atoms with Crippen LogP contribution in [0.25, 0.3) is 11.8 Å². The van der Waals surface area contributed by atoms with Crippen molar-refractivity contribution in [3.05, 3.63) is 88.0 Å². The molecule has 0 aliphatic carbocycles. The van der Waals surface area contributed by atoms with Gasteiger partial charge in [-0.1, -0.05) is 12.1 Å². The van der Waals surface area contributed by atoms with Crippen molar-refractivity contribution in [2.75, 3.05) is 4.90 Å². The summed E-state index contributed by atoms with van der Waals surface area (Å²) in [5, 5.41) is 2.69. The molecule has 2 amide bonds. The number of aryl methyl sites for hydroxylation is 2. The van der Waals surface area contributed by atoms with Crippen molar-refractivity contribution in [3.63, 3.8) is 0 Å². The zero-order valence-electron chi connectivity index (χ0n) is 18.2. The monoisotopic (exact) mass is 447 g/mol. The van der Waals surface area contributed by atoms with Crippen LogP contribution in [0.2, 0.25) is 0 Å². The normalized spacial score (nSPS) is 15.5. The van der Waals surface area contributed by atoms with E-state index in [1.54, 1.807) is 18.2 Å². The minimum Gasteiger partial charge on any atom is -0.318 e. The van der Waals surface area contributed by atoms with Gasteiger partial charge < -0.3 is 4.57 Å². The van der Waals surface area contributed by atoms with Crippen LogP contribution < -0.4 is 10.2 Å². The zero-order valence-corrected chi connectivity index (χ0v) is 19.0. The number of rotatable bonds is 3. The molecule has 4 rings (SSSR count). The van der Waals surface area contributed by atoms with Crippen LogP contribution in [0.4, 0.5) is 10.1 Å². The number of nitrogens with zero attached hydrogens (tertiary/aromatic N) is 2. The second-order valence-corrected chi connectivity index (χ2v) is 8.20. The number of carbonyl (C=O) groups excluding carboxylic acids is 2. The highest BCUT2D eigenvalue weighted by Gasteiger charge is 2.35. The third-order valence-electron chi connectivity index (χ3n) is 5.77. The van der Waals surface area contributed by atoms with Gasteiger partial charge in [-0.25, -0.2) is 4.39 Å². The van der Waals surface area contributed by atoms with Crippen LogP contribution in [0.1, 0.15) is 28.1 Å². The second kappa shape index (κ2) is 8.16. The van der Waals surface area contributed by atoms with Crippen molar-refractivity contribution in [2.45, 2.75) is 27.7 Å². The van der Waals surface area contributed by atoms with Gasteiger partial charge in [0.15, 0.2) is 5.11 Å². The van der Waals surface area contributed by atoms with Gasteiger partial charge in [0.25, 0.3) is 11.8 Å². The van der Waals surface area contributed by atoms with Gasteiger partial charge in [-0.3, -0.25) is 19.8 Å². The molecule has 0 radical (unpaired) electrons. The Balaban J connectivity index is 1.78. The number of aromatic nitrogens is 1. The fourth-order valence-corrected chi connectivity index (χ4v) is 4.20. The van der Waals surface area contributed by atoms with Crippen molar-refractivity contribution < 1.29 is 14.0 Å². The predicted octanol–water partition coefficient (Wildman–Crippen LogP) is 4.68. The van der Waals surface area contributed by atoms with E-state index in [9.17, 15) is 14.0 Å². The van der Waals surface area contributed by atoms with E-state index in [1.807, 2.05) is 56.5 Å². The number of hydrogen-bond acceptors (Lipinski definition) is 3. The molecule has 1 aliphatic heterocycles. The van der Waals surface area contributed by atoms with E-state index in [4.69, 9.17) is 12.2 Å². The molecule has 2 aromatic carbocycles. The third kappa shape index (κ3) is 3.65. The predicted molar refractivity (Wildman–Crippen MR) is 127 cm³/mol. The number of nitrogens with one attached hydrogen (secondary N) is 1. The van der Waals surface area contributed by atoms with Crippen LogP contribution in [-0.2, 0) is 9.59 Å². The van der Waals surface area contributed by atoms with Crippen molar-refractivity contribution in [2.24, 2.45) is 0 Å². The number of halogens is 1. The molecule has 0 atom stereocenters. The van der Waals surface area contributed by atoms with Crippen molar-refractivity contribution in [1.29, 1.82) is 0 Å². The molecule has 7 heteroatoms. The molecule has 32 heavy (non-hydrogen) atoms. The molecule has 1 aromatic heterocycles. The van der Waals surface area contributed by atoms with E-state index >= 15 is 0 Å². The smallest absolute Gasteiger partial charge is 0.270 e. The van der Waals surface area contributed by atoms with Crippen molar-refractivity contribution in [1.82, 2.24) is 9.88 Å². The van der Waals surface area contributed by atoms with Crippen LogP contribution >= 0.6 is 12.2 Å². The molecule has 1 fully saturated rings. The standard InChI is InChI=1S/C25H22FN3O2S/c1-14-6-5-7-22(16(14)3)29-24(31)21(23(30)27-25(29)32)13-18-12-15(2)28(17(18)4)20-10-8-19(26)9-11-20/h5-13H,1-4H3,(H,27,30,32)/b21-13-. The van der Waals surface area contributed by atoms with E-state index in [0.29, 0.717) is 5.69 Å². The summed E-state index contributed by atoms with van der Waals surface area (Å²) in [4.78, 5) is 27.4. The van der Waals surface area contributed by atoms with Crippen LogP contribution in [0.15, 0.2) is 54.1 Å². The lowest BCUT2D eigenvalue weighted by molar-refractivity contribution is -0.122. The Morgan fingerprint density at radius 3 is 2.38 bits per heavy atom. The molecule has 3 aromatic rings. The summed E-state index contributed by atoms with van der Waals surface area (Å²) in [7, 11) is 0. The van der Waals surface area contributed by atoms with Crippen LogP contribution in [-0.4, -0.2) is 21.5 Å². The van der Waals surface area contributed by atoms with Gasteiger partial charge in [-0.05, 0) is 99.1 Å². The first-order valence-electron chi connectivity index (χ1n) is 10.1. The van der Waals surface area contributed by atoms with Gasteiger partial charge in [-0.2, -0.15) is 0 Å². The fraction of sp³-hybridized carbons (Fsp3) is 0.160. The molecule has 1 aliphatic rings. The Morgan fingerprint density at radius 2 is 1.69 bits per heavy atom. The van der Waals surface area contributed by atoms with E-state index in [-0.39, 0.29) is 16.5 Å². The van der Waals surface area contributed by atoms with Gasteiger partial charge in [-0.15, -0.1) is 0 Å². The molecule has 0 unspecified atom stereocenters. The van der Waals surface area contributed by atoms with Crippen molar-refractivity contribution in [3.8, 4) is 5.69 Å². The first kappa shape index (κ1) is 21.6. The summed E-state index contributed by atoms with van der Waals surface area (Å²) in [6.45, 7) is 7.67. The molecule has 0 bridgehead atoms. The summed E-state index contributed by atoms with van der Waals surface area (Å²) in [5.74, 6) is -1.32. The summed E-state index contributed by atoms with van der Waals surface area (Å²) >= 11 is 5.32. The van der Waals surface area contributed by atoms with Crippen molar-refractivity contribution >= 4 is 40.9 Å². The largest absolute Gasteiger partial charge is 0.318 e. The number of carbonyl (C=O) groups is 2. The molecular weight excluding hydrogens is 425 g/mol. The minimum absolute atomic E-state index is 0.00105. The average Bonchev–Trinajstić information content (AvgIpc) is 3.02. The first-order chi connectivity index (χ1) is 15.2. The summed E-state index contributed by atoms with van der Waals surface area (Å²) in [5.41, 5.74) is 5.81. The van der Waals surface area contributed by atoms with Gasteiger partial charge in [0.2, 0.25) is 0 Å². The number of hydrogen-bond donors (Lipinski definition) is 1. The van der Waals surface area contributed by atoms with Crippen LogP contribution in [0.3, 0.4) is 0 Å². The fourth-order valence-electron chi connectivity index (χ4n) is 3.93. The van der Waals surface area contributed by atoms with Crippen LogP contribution in [0, 0.1) is 33.5 Å². The highest BCUT2D eigenvalue weighted by molar-refractivity contribution is 7.80. The van der Waals surface area contributed by atoms with Gasteiger partial charge >= 0.3 is 0 Å². The van der Waals surface area contributed by atoms with Gasteiger partial charge in [0.1, 0.15) is 11.4 Å². The highest BCUT2D eigenvalue weighted by Crippen LogP contribution is 2.28. The quantitative estimate of drug-likeness (QED) is 0.360. The topological polar surface area (TPSA) is 54.3 Å². The molecular formula is C25H22FN3O2S. The molecule has 0 spiro atoms. The lowest BCUT2D eigenvalue weighted by Crippen LogP contribution is -2.54. The average molecular weight is 448 g/mol. The Bertz CT molecular complexity index is 1310. The molecule has 1 N–H and O–H groups in total. The molecule has 162 valence electrons. The third-order valence-corrected chi connectivity index (χ3v) is 6.06. The second-order valence-electron chi connectivity index (χ2n) is 7.82. The maximum Gasteiger partial charge on any atom is 0.270 e. The molecule has 2 heterocycles. The zero-order chi connectivity index (χ0) is 23.2.